The fourth-order valence-corrected chi connectivity index (χ4v) is 2.75. The summed E-state index contributed by atoms with van der Waals surface area (Å²) in [4.78, 5) is 11.4. The topological polar surface area (TPSA) is 49.3 Å². The number of benzene rings is 1. The van der Waals surface area contributed by atoms with E-state index in [1.54, 1.807) is 18.2 Å². The van der Waals surface area contributed by atoms with Crippen molar-refractivity contribution < 1.29 is 14.3 Å². The number of hydrogen-bond acceptors (Lipinski definition) is 2. The lowest BCUT2D eigenvalue weighted by atomic mass is 9.79. The van der Waals surface area contributed by atoms with Crippen LogP contribution in [0.2, 0.25) is 0 Å². The Bertz CT molecular complexity index is 442. The first-order valence-electron chi connectivity index (χ1n) is 6.82. The maximum absolute atomic E-state index is 13.6. The van der Waals surface area contributed by atoms with E-state index in [1.165, 1.54) is 6.07 Å². The van der Waals surface area contributed by atoms with E-state index < -0.39 is 17.8 Å². The number of para-hydroxylation sites is 1. The average Bonchev–Trinajstić information content (AvgIpc) is 2.39. The number of carboxylic acid groups (broad SMARTS) is 1. The van der Waals surface area contributed by atoms with Gasteiger partial charge in [-0.1, -0.05) is 31.9 Å². The Morgan fingerprint density at radius 3 is 2.53 bits per heavy atom. The van der Waals surface area contributed by atoms with E-state index in [1.807, 2.05) is 0 Å². The van der Waals surface area contributed by atoms with Gasteiger partial charge in [-0.05, 0) is 36.8 Å². The van der Waals surface area contributed by atoms with Gasteiger partial charge in [0.2, 0.25) is 0 Å². The molecule has 0 radical (unpaired) electrons. The van der Waals surface area contributed by atoms with Crippen molar-refractivity contribution in [3.05, 3.63) is 30.1 Å². The van der Waals surface area contributed by atoms with Crippen molar-refractivity contribution in [2.45, 2.75) is 38.6 Å². The molecule has 3 nitrogen and oxygen atoms in total. The Kier molecular flexibility index (Phi) is 4.40. The molecule has 0 spiro atoms. The predicted molar refractivity (Wildman–Crippen MR) is 72.6 cm³/mol. The van der Waals surface area contributed by atoms with Crippen LogP contribution >= 0.6 is 0 Å². The predicted octanol–water partition coefficient (Wildman–Crippen LogP) is 3.52. The van der Waals surface area contributed by atoms with Gasteiger partial charge in [-0.2, -0.15) is 0 Å². The third-order valence-corrected chi connectivity index (χ3v) is 3.98. The third-order valence-electron chi connectivity index (χ3n) is 3.98. The van der Waals surface area contributed by atoms with Gasteiger partial charge in [0.25, 0.3) is 0 Å². The molecule has 1 saturated carbocycles. The van der Waals surface area contributed by atoms with Crippen LogP contribution in [0, 0.1) is 17.7 Å². The molecule has 2 rings (SSSR count). The van der Waals surface area contributed by atoms with Crippen molar-refractivity contribution in [3.63, 3.8) is 0 Å². The van der Waals surface area contributed by atoms with Crippen molar-refractivity contribution in [3.8, 4) is 0 Å². The van der Waals surface area contributed by atoms with Gasteiger partial charge in [-0.15, -0.1) is 0 Å². The highest BCUT2D eigenvalue weighted by Crippen LogP contribution is 2.32. The minimum absolute atomic E-state index is 0.0771. The Morgan fingerprint density at radius 1 is 1.32 bits per heavy atom. The summed E-state index contributed by atoms with van der Waals surface area (Å²) in [5.41, 5.74) is 0.272. The van der Waals surface area contributed by atoms with Crippen LogP contribution in [0.25, 0.3) is 0 Å². The van der Waals surface area contributed by atoms with Crippen molar-refractivity contribution in [2.24, 2.45) is 11.8 Å². The Balaban J connectivity index is 2.09. The quantitative estimate of drug-likeness (QED) is 0.875. The molecule has 1 atom stereocenters. The lowest BCUT2D eigenvalue weighted by Crippen LogP contribution is -2.38. The Hall–Kier alpha value is -1.58. The summed E-state index contributed by atoms with van der Waals surface area (Å²) in [6.45, 7) is 2.19. The Labute approximate surface area is 112 Å². The molecule has 0 aliphatic heterocycles. The first-order valence-corrected chi connectivity index (χ1v) is 6.82. The number of nitrogens with one attached hydrogen (secondary N) is 1. The second-order valence-electron chi connectivity index (χ2n) is 5.46. The molecule has 0 bridgehead atoms. The van der Waals surface area contributed by atoms with Crippen LogP contribution in [0.3, 0.4) is 0 Å². The van der Waals surface area contributed by atoms with E-state index >= 15 is 0 Å². The zero-order chi connectivity index (χ0) is 13.8. The fraction of sp³-hybridized carbons (Fsp3) is 0.533. The summed E-state index contributed by atoms with van der Waals surface area (Å²) in [7, 11) is 0. The fourth-order valence-electron chi connectivity index (χ4n) is 2.75. The summed E-state index contributed by atoms with van der Waals surface area (Å²) in [6.07, 6.45) is 3.87. The molecule has 4 heteroatoms. The smallest absolute Gasteiger partial charge is 0.326 e. The molecule has 19 heavy (non-hydrogen) atoms. The normalized spacial score (nSPS) is 24.7. The highest BCUT2D eigenvalue weighted by molar-refractivity contribution is 5.77. The standard InChI is InChI=1S/C15H20FNO2/c1-10-6-8-11(9-7-10)14(15(18)19)17-13-5-3-2-4-12(13)16/h2-5,10-11,14,17H,6-9H2,1H3,(H,18,19). The Morgan fingerprint density at radius 2 is 1.95 bits per heavy atom. The van der Waals surface area contributed by atoms with Gasteiger partial charge in [0.15, 0.2) is 0 Å². The molecule has 0 amide bonds. The SMILES string of the molecule is CC1CCC(C(Nc2ccccc2F)C(=O)O)CC1. The molecular weight excluding hydrogens is 245 g/mol. The van der Waals surface area contributed by atoms with Gasteiger partial charge in [0, 0.05) is 0 Å². The molecule has 2 N–H and O–H groups in total. The maximum Gasteiger partial charge on any atom is 0.326 e. The number of aliphatic carboxylic acids is 1. The van der Waals surface area contributed by atoms with Gasteiger partial charge in [-0.3, -0.25) is 0 Å². The van der Waals surface area contributed by atoms with Gasteiger partial charge in [0.05, 0.1) is 5.69 Å². The van der Waals surface area contributed by atoms with Crippen molar-refractivity contribution in [1.29, 1.82) is 0 Å². The first-order chi connectivity index (χ1) is 9.08. The molecule has 1 unspecified atom stereocenters. The highest BCUT2D eigenvalue weighted by atomic mass is 19.1. The van der Waals surface area contributed by atoms with Crippen LogP contribution in [0.5, 0.6) is 0 Å². The summed E-state index contributed by atoms with van der Waals surface area (Å²) in [5, 5.41) is 12.2. The second-order valence-corrected chi connectivity index (χ2v) is 5.46. The molecule has 0 heterocycles. The number of carbonyl (C=O) groups is 1. The molecule has 0 aromatic heterocycles. The van der Waals surface area contributed by atoms with Gasteiger partial charge in [0.1, 0.15) is 11.9 Å². The molecule has 1 aromatic rings. The van der Waals surface area contributed by atoms with E-state index in [0.29, 0.717) is 5.92 Å². The second kappa shape index (κ2) is 6.04. The summed E-state index contributed by atoms with van der Waals surface area (Å²) in [6, 6.07) is 5.51. The van der Waals surface area contributed by atoms with Crippen LogP contribution in [-0.4, -0.2) is 17.1 Å². The summed E-state index contributed by atoms with van der Waals surface area (Å²) >= 11 is 0. The molecule has 1 fully saturated rings. The molecule has 0 saturated heterocycles. The van der Waals surface area contributed by atoms with E-state index in [-0.39, 0.29) is 11.6 Å². The van der Waals surface area contributed by atoms with E-state index in [2.05, 4.69) is 12.2 Å². The molecule has 1 aliphatic carbocycles. The van der Waals surface area contributed by atoms with Crippen molar-refractivity contribution in [2.75, 3.05) is 5.32 Å². The minimum Gasteiger partial charge on any atom is -0.480 e. The number of hydrogen-bond donors (Lipinski definition) is 2. The van der Waals surface area contributed by atoms with Crippen LogP contribution in [-0.2, 0) is 4.79 Å². The van der Waals surface area contributed by atoms with Crippen LogP contribution in [0.1, 0.15) is 32.6 Å². The average molecular weight is 265 g/mol. The number of anilines is 1. The summed E-state index contributed by atoms with van der Waals surface area (Å²) in [5.74, 6) is -0.562. The largest absolute Gasteiger partial charge is 0.480 e. The molecule has 1 aliphatic rings. The van der Waals surface area contributed by atoms with Crippen molar-refractivity contribution >= 4 is 11.7 Å². The zero-order valence-corrected chi connectivity index (χ0v) is 11.1. The molecule has 1 aromatic carbocycles. The van der Waals surface area contributed by atoms with Crippen LogP contribution in [0.15, 0.2) is 24.3 Å². The van der Waals surface area contributed by atoms with Gasteiger partial charge < -0.3 is 10.4 Å². The van der Waals surface area contributed by atoms with Gasteiger partial charge >= 0.3 is 5.97 Å². The molecule has 104 valence electrons. The third kappa shape index (κ3) is 3.46. The summed E-state index contributed by atoms with van der Waals surface area (Å²) < 4.78 is 13.6. The monoisotopic (exact) mass is 265 g/mol. The minimum atomic E-state index is -0.900. The highest BCUT2D eigenvalue weighted by Gasteiger charge is 2.31. The first kappa shape index (κ1) is 13.8. The van der Waals surface area contributed by atoms with Crippen molar-refractivity contribution in [1.82, 2.24) is 0 Å². The van der Waals surface area contributed by atoms with Crippen LogP contribution in [0.4, 0.5) is 10.1 Å². The lowest BCUT2D eigenvalue weighted by molar-refractivity contribution is -0.139. The van der Waals surface area contributed by atoms with Gasteiger partial charge in [-0.25, -0.2) is 9.18 Å². The maximum atomic E-state index is 13.6. The lowest BCUT2D eigenvalue weighted by Gasteiger charge is -2.31. The molecular formula is C15H20FNO2. The van der Waals surface area contributed by atoms with E-state index in [0.717, 1.165) is 25.7 Å². The van der Waals surface area contributed by atoms with Crippen LogP contribution < -0.4 is 5.32 Å². The van der Waals surface area contributed by atoms with E-state index in [4.69, 9.17) is 0 Å². The zero-order valence-electron chi connectivity index (χ0n) is 11.1. The van der Waals surface area contributed by atoms with E-state index in [9.17, 15) is 14.3 Å². The number of rotatable bonds is 4. The number of halogens is 1. The number of carboxylic acids is 1.